The first-order chi connectivity index (χ1) is 20.9. The van der Waals surface area contributed by atoms with Gasteiger partial charge in [0, 0.05) is 35.5 Å². The van der Waals surface area contributed by atoms with Gasteiger partial charge in [-0.15, -0.1) is 11.3 Å². The lowest BCUT2D eigenvalue weighted by Crippen LogP contribution is -2.30. The molecule has 43 heavy (non-hydrogen) atoms. The molecule has 1 saturated heterocycles. The Bertz CT molecular complexity index is 1810. The van der Waals surface area contributed by atoms with Crippen LogP contribution in [0.25, 0.3) is 11.3 Å². The molecule has 0 N–H and O–H groups in total. The molecule has 3 aromatic carbocycles. The molecule has 6 nitrogen and oxygen atoms in total. The Kier molecular flexibility index (Phi) is 8.65. The van der Waals surface area contributed by atoms with Gasteiger partial charge in [0.15, 0.2) is 5.78 Å². The molecule has 5 aromatic rings. The van der Waals surface area contributed by atoms with Crippen molar-refractivity contribution in [3.05, 3.63) is 131 Å². The number of sulfonamides is 1. The fourth-order valence-electron chi connectivity index (χ4n) is 5.66. The summed E-state index contributed by atoms with van der Waals surface area (Å²) in [6.45, 7) is 1.15. The molecular weight excluding hydrogens is 582 g/mol. The minimum absolute atomic E-state index is 0.0506. The molecule has 0 amide bonds. The molecule has 6 rings (SSSR count). The fraction of sp³-hybridized carbons (Fsp3) is 0.235. The summed E-state index contributed by atoms with van der Waals surface area (Å²) >= 11 is 1.25. The molecule has 1 atom stereocenters. The van der Waals surface area contributed by atoms with Crippen LogP contribution in [0.1, 0.15) is 51.7 Å². The average molecular weight is 614 g/mol. The Balaban J connectivity index is 1.16. The van der Waals surface area contributed by atoms with E-state index < -0.39 is 10.0 Å². The van der Waals surface area contributed by atoms with Crippen LogP contribution in [0.3, 0.4) is 0 Å². The summed E-state index contributed by atoms with van der Waals surface area (Å²) in [7, 11) is -3.70. The zero-order valence-corrected chi connectivity index (χ0v) is 25.2. The Hall–Kier alpha value is -3.92. The second-order valence-electron chi connectivity index (χ2n) is 10.8. The van der Waals surface area contributed by atoms with Gasteiger partial charge in [0.2, 0.25) is 0 Å². The van der Waals surface area contributed by atoms with Gasteiger partial charge in [-0.1, -0.05) is 60.7 Å². The number of aromatic nitrogens is 2. The molecule has 2 aromatic heterocycles. The van der Waals surface area contributed by atoms with E-state index in [1.807, 2.05) is 48.7 Å². The predicted molar refractivity (Wildman–Crippen MR) is 167 cm³/mol. The second-order valence-corrected chi connectivity index (χ2v) is 14.0. The van der Waals surface area contributed by atoms with Crippen molar-refractivity contribution in [3.8, 4) is 11.3 Å². The molecule has 0 spiro atoms. The molecule has 1 unspecified atom stereocenters. The highest BCUT2D eigenvalue weighted by Gasteiger charge is 2.37. The number of ketones is 1. The van der Waals surface area contributed by atoms with Gasteiger partial charge in [0.1, 0.15) is 10.0 Å². The Morgan fingerprint density at radius 1 is 0.953 bits per heavy atom. The summed E-state index contributed by atoms with van der Waals surface area (Å²) in [6.07, 6.45) is 6.73. The number of aryl methyl sites for hydroxylation is 3. The number of hydrogen-bond donors (Lipinski definition) is 0. The van der Waals surface area contributed by atoms with Crippen molar-refractivity contribution >= 4 is 27.1 Å². The normalized spacial score (nSPS) is 15.6. The number of hydrogen-bond acceptors (Lipinski definition) is 5. The first kappa shape index (κ1) is 29.2. The van der Waals surface area contributed by atoms with Crippen LogP contribution in [0, 0.1) is 5.82 Å². The second kappa shape index (κ2) is 12.8. The summed E-state index contributed by atoms with van der Waals surface area (Å²) in [5.41, 5.74) is 4.59. The molecule has 1 fully saturated rings. The van der Waals surface area contributed by atoms with Gasteiger partial charge in [-0.3, -0.25) is 4.79 Å². The van der Waals surface area contributed by atoms with E-state index in [1.54, 1.807) is 41.0 Å². The maximum Gasteiger partial charge on any atom is 0.253 e. The largest absolute Gasteiger partial charge is 0.330 e. The van der Waals surface area contributed by atoms with Crippen molar-refractivity contribution in [1.29, 1.82) is 0 Å². The van der Waals surface area contributed by atoms with Crippen molar-refractivity contribution < 1.29 is 17.6 Å². The summed E-state index contributed by atoms with van der Waals surface area (Å²) in [6, 6.07) is 27.0. The Labute approximate surface area is 255 Å². The van der Waals surface area contributed by atoms with Crippen LogP contribution in [0.4, 0.5) is 4.39 Å². The van der Waals surface area contributed by atoms with Crippen molar-refractivity contribution in [2.45, 2.75) is 48.9 Å². The van der Waals surface area contributed by atoms with Gasteiger partial charge in [-0.05, 0) is 67.1 Å². The molecule has 220 valence electrons. The number of imidazole rings is 1. The van der Waals surface area contributed by atoms with Crippen LogP contribution in [0.5, 0.6) is 0 Å². The first-order valence-corrected chi connectivity index (χ1v) is 16.7. The van der Waals surface area contributed by atoms with Crippen LogP contribution in [-0.2, 0) is 29.4 Å². The summed E-state index contributed by atoms with van der Waals surface area (Å²) in [4.78, 5) is 17.8. The van der Waals surface area contributed by atoms with Crippen LogP contribution in [0.2, 0.25) is 0 Å². The van der Waals surface area contributed by atoms with Gasteiger partial charge >= 0.3 is 0 Å². The SMILES string of the molecule is O=C(CCc1ccc(S(=O)(=O)N2CCCC2c2cccc(-c3cncn3CCc3ccc(F)cc3)c2)s1)c1ccccc1. The minimum atomic E-state index is -3.70. The third-order valence-corrected chi connectivity index (χ3v) is 11.5. The lowest BCUT2D eigenvalue weighted by atomic mass is 10.0. The van der Waals surface area contributed by atoms with E-state index in [0.717, 1.165) is 46.5 Å². The lowest BCUT2D eigenvalue weighted by molar-refractivity contribution is 0.0983. The number of carbonyl (C=O) groups excluding carboxylic acids is 1. The smallest absolute Gasteiger partial charge is 0.253 e. The summed E-state index contributed by atoms with van der Waals surface area (Å²) in [5.74, 6) is -0.198. The highest BCUT2D eigenvalue weighted by molar-refractivity contribution is 7.91. The van der Waals surface area contributed by atoms with Gasteiger partial charge in [0.25, 0.3) is 10.0 Å². The average Bonchev–Trinajstić information content (AvgIpc) is 3.82. The van der Waals surface area contributed by atoms with E-state index in [0.29, 0.717) is 35.7 Å². The number of benzene rings is 3. The fourth-order valence-corrected chi connectivity index (χ4v) is 8.83. The molecule has 0 bridgehead atoms. The van der Waals surface area contributed by atoms with Crippen LogP contribution >= 0.6 is 11.3 Å². The molecule has 0 aliphatic carbocycles. The quantitative estimate of drug-likeness (QED) is 0.146. The molecule has 3 heterocycles. The first-order valence-electron chi connectivity index (χ1n) is 14.4. The van der Waals surface area contributed by atoms with Gasteiger partial charge in [-0.25, -0.2) is 17.8 Å². The molecule has 0 radical (unpaired) electrons. The zero-order valence-electron chi connectivity index (χ0n) is 23.6. The molecule has 1 aliphatic heterocycles. The standard InChI is InChI=1S/C34H32FN3O3S2/c35-29-13-11-25(12-14-29)19-21-37-24-36-23-32(37)28-9-4-8-27(22-28)31-10-5-20-38(31)43(40,41)34-18-16-30(42-34)15-17-33(39)26-6-2-1-3-7-26/h1-4,6-9,11-14,16,18,22-24,31H,5,10,15,17,19-21H2. The topological polar surface area (TPSA) is 72.3 Å². The van der Waals surface area contributed by atoms with E-state index in [4.69, 9.17) is 0 Å². The Morgan fingerprint density at radius 3 is 2.58 bits per heavy atom. The number of thiophene rings is 1. The molecule has 9 heteroatoms. The number of nitrogens with zero attached hydrogens (tertiary/aromatic N) is 3. The van der Waals surface area contributed by atoms with Crippen molar-refractivity contribution in [3.63, 3.8) is 0 Å². The maximum absolute atomic E-state index is 13.8. The highest BCUT2D eigenvalue weighted by atomic mass is 32.2. The van der Waals surface area contributed by atoms with Crippen molar-refractivity contribution in [2.24, 2.45) is 0 Å². The van der Waals surface area contributed by atoms with Crippen LogP contribution in [-0.4, -0.2) is 34.6 Å². The molecule has 1 aliphatic rings. The number of halogens is 1. The van der Waals surface area contributed by atoms with Gasteiger partial charge in [0.05, 0.1) is 24.3 Å². The lowest BCUT2D eigenvalue weighted by Gasteiger charge is -2.24. The van der Waals surface area contributed by atoms with Gasteiger partial charge < -0.3 is 4.57 Å². The molecule has 0 saturated carbocycles. The van der Waals surface area contributed by atoms with E-state index in [-0.39, 0.29) is 17.6 Å². The monoisotopic (exact) mass is 613 g/mol. The number of carbonyl (C=O) groups is 1. The van der Waals surface area contributed by atoms with Crippen molar-refractivity contribution in [2.75, 3.05) is 6.54 Å². The van der Waals surface area contributed by atoms with Crippen LogP contribution < -0.4 is 0 Å². The number of Topliss-reactive ketones (excluding diaryl/α,β-unsaturated/α-hetero) is 1. The summed E-state index contributed by atoms with van der Waals surface area (Å²) in [5, 5.41) is 0. The zero-order chi connectivity index (χ0) is 29.8. The Morgan fingerprint density at radius 2 is 1.77 bits per heavy atom. The minimum Gasteiger partial charge on any atom is -0.330 e. The van der Waals surface area contributed by atoms with Gasteiger partial charge in [-0.2, -0.15) is 4.31 Å². The number of rotatable bonds is 11. The van der Waals surface area contributed by atoms with E-state index in [1.165, 1.54) is 23.5 Å². The van der Waals surface area contributed by atoms with Crippen molar-refractivity contribution in [1.82, 2.24) is 13.9 Å². The molecular formula is C34H32FN3O3S2. The van der Waals surface area contributed by atoms with E-state index >= 15 is 0 Å². The third-order valence-electron chi connectivity index (χ3n) is 7.93. The summed E-state index contributed by atoms with van der Waals surface area (Å²) < 4.78 is 45.0. The maximum atomic E-state index is 13.8. The van der Waals surface area contributed by atoms with E-state index in [2.05, 4.69) is 15.6 Å². The predicted octanol–water partition coefficient (Wildman–Crippen LogP) is 7.33. The van der Waals surface area contributed by atoms with E-state index in [9.17, 15) is 17.6 Å². The third kappa shape index (κ3) is 6.54. The van der Waals surface area contributed by atoms with Crippen LogP contribution in [0.15, 0.2) is 108 Å². The highest BCUT2D eigenvalue weighted by Crippen LogP contribution is 2.39.